The summed E-state index contributed by atoms with van der Waals surface area (Å²) in [4.78, 5) is 24.0. The summed E-state index contributed by atoms with van der Waals surface area (Å²) in [7, 11) is 3.10. The van der Waals surface area contributed by atoms with Gasteiger partial charge in [-0.25, -0.2) is 0 Å². The molecule has 2 aromatic carbocycles. The van der Waals surface area contributed by atoms with Gasteiger partial charge in [0, 0.05) is 18.2 Å². The minimum atomic E-state index is -0.218. The number of nitrogens with one attached hydrogen (secondary N) is 1. The number of rotatable bonds is 5. The Morgan fingerprint density at radius 3 is 2.73 bits per heavy atom. The molecule has 1 N–H and O–H groups in total. The summed E-state index contributed by atoms with van der Waals surface area (Å²) in [5.41, 5.74) is 3.52. The number of methoxy groups -OCH3 is 1. The molecule has 2 aromatic rings. The fraction of sp³-hybridized carbons (Fsp3) is 0.238. The van der Waals surface area contributed by atoms with E-state index < -0.39 is 0 Å². The molecule has 3 rings (SSSR count). The molecule has 1 amide bonds. The molecule has 0 unspecified atom stereocenters. The van der Waals surface area contributed by atoms with Crippen LogP contribution in [0.1, 0.15) is 27.9 Å². The normalized spacial score (nSPS) is 14.7. The zero-order chi connectivity index (χ0) is 18.5. The van der Waals surface area contributed by atoms with Crippen molar-refractivity contribution in [3.63, 3.8) is 0 Å². The molecule has 0 spiro atoms. The fourth-order valence-electron chi connectivity index (χ4n) is 2.96. The quantitative estimate of drug-likeness (QED) is 0.841. The van der Waals surface area contributed by atoms with Crippen LogP contribution in [0.4, 0.5) is 0 Å². The van der Waals surface area contributed by atoms with Gasteiger partial charge in [0.1, 0.15) is 0 Å². The van der Waals surface area contributed by atoms with Gasteiger partial charge < -0.3 is 14.8 Å². The zero-order valence-corrected chi connectivity index (χ0v) is 14.9. The van der Waals surface area contributed by atoms with Gasteiger partial charge in [-0.15, -0.1) is 0 Å². The molecule has 26 heavy (non-hydrogen) atoms. The van der Waals surface area contributed by atoms with Crippen molar-refractivity contribution in [1.29, 1.82) is 0 Å². The predicted octanol–water partition coefficient (Wildman–Crippen LogP) is 3.03. The molecule has 0 radical (unpaired) electrons. The molecule has 0 heterocycles. The van der Waals surface area contributed by atoms with E-state index in [1.54, 1.807) is 26.3 Å². The van der Waals surface area contributed by atoms with E-state index in [0.717, 1.165) is 28.7 Å². The van der Waals surface area contributed by atoms with E-state index in [1.165, 1.54) is 0 Å². The van der Waals surface area contributed by atoms with Gasteiger partial charge >= 0.3 is 0 Å². The largest absolute Gasteiger partial charge is 0.493 e. The number of carbonyl (C=O) groups is 2. The Hall–Kier alpha value is -3.08. The first-order valence-corrected chi connectivity index (χ1v) is 8.47. The van der Waals surface area contributed by atoms with Gasteiger partial charge in [0.25, 0.3) is 5.91 Å². The maximum Gasteiger partial charge on any atom is 0.257 e. The highest BCUT2D eigenvalue weighted by molar-refractivity contribution is 6.13. The van der Waals surface area contributed by atoms with Crippen molar-refractivity contribution in [3.05, 3.63) is 64.7 Å². The number of Topliss-reactive ketones (excluding diaryl/α,β-unsaturated/α-hetero) is 1. The summed E-state index contributed by atoms with van der Waals surface area (Å²) >= 11 is 0. The Labute approximate surface area is 152 Å². The molecular formula is C21H21NO4. The molecular weight excluding hydrogens is 330 g/mol. The standard InChI is InChI=1S/C21H21NO4/c1-22-20(23)13-26-18-10-7-14(12-19(18)25-2)11-16-9-8-15-5-3-4-6-17(15)21(16)24/h3-7,10-12H,8-9,13H2,1-2H3,(H,22,23). The number of fused-ring (bicyclic) bond motifs is 1. The van der Waals surface area contributed by atoms with Crippen LogP contribution < -0.4 is 14.8 Å². The summed E-state index contributed by atoms with van der Waals surface area (Å²) in [6, 6.07) is 13.1. The summed E-state index contributed by atoms with van der Waals surface area (Å²) in [5, 5.41) is 2.50. The number of aryl methyl sites for hydroxylation is 1. The molecule has 5 heteroatoms. The first-order valence-electron chi connectivity index (χ1n) is 8.47. The lowest BCUT2D eigenvalue weighted by molar-refractivity contribution is -0.122. The molecule has 0 bridgehead atoms. The lowest BCUT2D eigenvalue weighted by Gasteiger charge is -2.17. The number of hydrogen-bond acceptors (Lipinski definition) is 4. The number of allylic oxidation sites excluding steroid dienone is 1. The van der Waals surface area contributed by atoms with Gasteiger partial charge in [0.15, 0.2) is 23.9 Å². The second-order valence-corrected chi connectivity index (χ2v) is 6.03. The molecule has 0 aliphatic heterocycles. The van der Waals surface area contributed by atoms with Crippen LogP contribution in [0.15, 0.2) is 48.0 Å². The van der Waals surface area contributed by atoms with Crippen LogP contribution in [0.5, 0.6) is 11.5 Å². The van der Waals surface area contributed by atoms with E-state index in [9.17, 15) is 9.59 Å². The fourth-order valence-corrected chi connectivity index (χ4v) is 2.96. The van der Waals surface area contributed by atoms with Gasteiger partial charge in [-0.05, 0) is 42.2 Å². The topological polar surface area (TPSA) is 64.6 Å². The molecule has 0 saturated heterocycles. The van der Waals surface area contributed by atoms with Crippen molar-refractivity contribution in [2.24, 2.45) is 0 Å². The second-order valence-electron chi connectivity index (χ2n) is 6.03. The lowest BCUT2D eigenvalue weighted by Crippen LogP contribution is -2.24. The Morgan fingerprint density at radius 2 is 1.96 bits per heavy atom. The van der Waals surface area contributed by atoms with Gasteiger partial charge in [-0.1, -0.05) is 30.3 Å². The number of amides is 1. The van der Waals surface area contributed by atoms with E-state index in [-0.39, 0.29) is 18.3 Å². The van der Waals surface area contributed by atoms with Crippen LogP contribution in [0.25, 0.3) is 6.08 Å². The Bertz CT molecular complexity index is 870. The van der Waals surface area contributed by atoms with Crippen LogP contribution in [-0.4, -0.2) is 32.5 Å². The molecule has 0 atom stereocenters. The number of ketones is 1. The minimum Gasteiger partial charge on any atom is -0.493 e. The van der Waals surface area contributed by atoms with Crippen LogP contribution in [0.3, 0.4) is 0 Å². The number of likely N-dealkylation sites (N-methyl/N-ethyl adjacent to an activating group) is 1. The van der Waals surface area contributed by atoms with Crippen LogP contribution in [0, 0.1) is 0 Å². The van der Waals surface area contributed by atoms with Gasteiger partial charge in [-0.3, -0.25) is 9.59 Å². The van der Waals surface area contributed by atoms with E-state index in [1.807, 2.05) is 36.4 Å². The molecule has 134 valence electrons. The highest BCUT2D eigenvalue weighted by Crippen LogP contribution is 2.31. The average molecular weight is 351 g/mol. The summed E-state index contributed by atoms with van der Waals surface area (Å²) in [6.45, 7) is -0.0808. The van der Waals surface area contributed by atoms with Crippen molar-refractivity contribution in [2.75, 3.05) is 20.8 Å². The number of ether oxygens (including phenoxy) is 2. The molecule has 0 aromatic heterocycles. The summed E-state index contributed by atoms with van der Waals surface area (Å²) < 4.78 is 10.8. The van der Waals surface area contributed by atoms with Crippen molar-refractivity contribution >= 4 is 17.8 Å². The number of benzene rings is 2. The highest BCUT2D eigenvalue weighted by Gasteiger charge is 2.21. The molecule has 0 saturated carbocycles. The molecule has 0 fully saturated rings. The number of carbonyl (C=O) groups excluding carboxylic acids is 2. The maximum absolute atomic E-state index is 12.7. The summed E-state index contributed by atoms with van der Waals surface area (Å²) in [6.07, 6.45) is 3.47. The Kier molecular flexibility index (Phi) is 5.37. The molecule has 1 aliphatic rings. The summed E-state index contributed by atoms with van der Waals surface area (Å²) in [5.74, 6) is 0.862. The third kappa shape index (κ3) is 3.77. The van der Waals surface area contributed by atoms with Gasteiger partial charge in [0.2, 0.25) is 0 Å². The third-order valence-electron chi connectivity index (χ3n) is 4.38. The Morgan fingerprint density at radius 1 is 1.15 bits per heavy atom. The van der Waals surface area contributed by atoms with Crippen molar-refractivity contribution in [3.8, 4) is 11.5 Å². The van der Waals surface area contributed by atoms with Gasteiger partial charge in [0.05, 0.1) is 7.11 Å². The first-order chi connectivity index (χ1) is 12.6. The van der Waals surface area contributed by atoms with E-state index >= 15 is 0 Å². The SMILES string of the molecule is CNC(=O)COc1ccc(C=C2CCc3ccccc3C2=O)cc1OC. The van der Waals surface area contributed by atoms with E-state index in [4.69, 9.17) is 9.47 Å². The smallest absolute Gasteiger partial charge is 0.257 e. The Balaban J connectivity index is 1.83. The lowest BCUT2D eigenvalue weighted by atomic mass is 9.86. The maximum atomic E-state index is 12.7. The highest BCUT2D eigenvalue weighted by atomic mass is 16.5. The van der Waals surface area contributed by atoms with Crippen molar-refractivity contribution in [1.82, 2.24) is 5.32 Å². The van der Waals surface area contributed by atoms with Crippen LogP contribution in [-0.2, 0) is 11.2 Å². The van der Waals surface area contributed by atoms with Crippen LogP contribution in [0.2, 0.25) is 0 Å². The molecule has 1 aliphatic carbocycles. The van der Waals surface area contributed by atoms with Crippen molar-refractivity contribution < 1.29 is 19.1 Å². The van der Waals surface area contributed by atoms with E-state index in [0.29, 0.717) is 17.9 Å². The predicted molar refractivity (Wildman–Crippen MR) is 99.6 cm³/mol. The molecule has 5 nitrogen and oxygen atoms in total. The van der Waals surface area contributed by atoms with Crippen LogP contribution >= 0.6 is 0 Å². The first kappa shape index (κ1) is 17.7. The number of hydrogen-bond donors (Lipinski definition) is 1. The monoisotopic (exact) mass is 351 g/mol. The van der Waals surface area contributed by atoms with Gasteiger partial charge in [-0.2, -0.15) is 0 Å². The van der Waals surface area contributed by atoms with E-state index in [2.05, 4.69) is 5.32 Å². The average Bonchev–Trinajstić information content (AvgIpc) is 2.68. The second kappa shape index (κ2) is 7.87. The third-order valence-corrected chi connectivity index (χ3v) is 4.38. The minimum absolute atomic E-state index is 0.0748. The zero-order valence-electron chi connectivity index (χ0n) is 14.9. The van der Waals surface area contributed by atoms with Crippen molar-refractivity contribution in [2.45, 2.75) is 12.8 Å².